The van der Waals surface area contributed by atoms with Crippen LogP contribution in [0.25, 0.3) is 0 Å². The SMILES string of the molecule is CC(C)(C)OC(=O)NC1CN(S(=O)(=O)C(F)F)C1. The lowest BCUT2D eigenvalue weighted by atomic mass is 10.2. The van der Waals surface area contributed by atoms with Gasteiger partial charge in [0.05, 0.1) is 6.04 Å². The summed E-state index contributed by atoms with van der Waals surface area (Å²) >= 11 is 0. The molecule has 18 heavy (non-hydrogen) atoms. The van der Waals surface area contributed by atoms with Crippen molar-refractivity contribution in [2.45, 2.75) is 38.2 Å². The molecule has 0 aromatic rings. The van der Waals surface area contributed by atoms with E-state index in [1.807, 2.05) is 0 Å². The van der Waals surface area contributed by atoms with Gasteiger partial charge in [0.2, 0.25) is 0 Å². The fraction of sp³-hybridized carbons (Fsp3) is 0.889. The second kappa shape index (κ2) is 4.96. The van der Waals surface area contributed by atoms with Gasteiger partial charge in [-0.25, -0.2) is 13.2 Å². The second-order valence-corrected chi connectivity index (χ2v) is 6.87. The molecule has 0 atom stereocenters. The van der Waals surface area contributed by atoms with E-state index in [-0.39, 0.29) is 13.1 Å². The number of nitrogens with one attached hydrogen (secondary N) is 1. The maximum Gasteiger partial charge on any atom is 0.407 e. The molecule has 0 spiro atoms. The van der Waals surface area contributed by atoms with Gasteiger partial charge in [0.15, 0.2) is 0 Å². The van der Waals surface area contributed by atoms with Crippen LogP contribution in [0.2, 0.25) is 0 Å². The molecule has 0 radical (unpaired) electrons. The van der Waals surface area contributed by atoms with Crippen LogP contribution in [-0.2, 0) is 14.8 Å². The molecule has 0 bridgehead atoms. The van der Waals surface area contributed by atoms with Gasteiger partial charge in [0.1, 0.15) is 5.60 Å². The van der Waals surface area contributed by atoms with Crippen molar-refractivity contribution < 1.29 is 26.7 Å². The van der Waals surface area contributed by atoms with Crippen molar-refractivity contribution in [3.63, 3.8) is 0 Å². The van der Waals surface area contributed by atoms with E-state index in [9.17, 15) is 22.0 Å². The minimum atomic E-state index is -4.54. The minimum Gasteiger partial charge on any atom is -0.444 e. The first kappa shape index (κ1) is 15.1. The zero-order valence-corrected chi connectivity index (χ0v) is 11.1. The van der Waals surface area contributed by atoms with E-state index in [1.54, 1.807) is 20.8 Å². The lowest BCUT2D eigenvalue weighted by molar-refractivity contribution is 0.0456. The molecule has 1 N–H and O–H groups in total. The summed E-state index contributed by atoms with van der Waals surface area (Å²) in [5.74, 6) is -3.43. The molecule has 0 aliphatic carbocycles. The summed E-state index contributed by atoms with van der Waals surface area (Å²) in [4.78, 5) is 11.3. The van der Waals surface area contributed by atoms with Crippen LogP contribution in [-0.4, -0.2) is 49.3 Å². The number of ether oxygens (including phenoxy) is 1. The summed E-state index contributed by atoms with van der Waals surface area (Å²) in [6.07, 6.45) is -0.693. The van der Waals surface area contributed by atoms with Crippen molar-refractivity contribution >= 4 is 16.1 Å². The maximum atomic E-state index is 12.2. The Morgan fingerprint density at radius 3 is 2.28 bits per heavy atom. The molecule has 1 saturated heterocycles. The number of hydrogen-bond acceptors (Lipinski definition) is 4. The zero-order valence-electron chi connectivity index (χ0n) is 10.3. The van der Waals surface area contributed by atoms with E-state index in [2.05, 4.69) is 5.32 Å². The summed E-state index contributed by atoms with van der Waals surface area (Å²) < 4.78 is 51.9. The quantitative estimate of drug-likeness (QED) is 0.830. The third kappa shape index (κ3) is 3.77. The average Bonchev–Trinajstić information content (AvgIpc) is 2.06. The molecule has 106 valence electrons. The number of amides is 1. The highest BCUT2D eigenvalue weighted by atomic mass is 32.2. The molecule has 0 aromatic carbocycles. The molecule has 1 heterocycles. The van der Waals surface area contributed by atoms with Crippen LogP contribution in [0.4, 0.5) is 13.6 Å². The molecule has 0 aromatic heterocycles. The molecule has 0 unspecified atom stereocenters. The van der Waals surface area contributed by atoms with Crippen molar-refractivity contribution in [3.05, 3.63) is 0 Å². The number of alkyl carbamates (subject to hydrolysis) is 1. The Morgan fingerprint density at radius 1 is 1.39 bits per heavy atom. The Morgan fingerprint density at radius 2 is 1.89 bits per heavy atom. The fourth-order valence-corrected chi connectivity index (χ4v) is 2.32. The van der Waals surface area contributed by atoms with Gasteiger partial charge in [-0.1, -0.05) is 0 Å². The number of carbonyl (C=O) groups is 1. The third-order valence-corrected chi connectivity index (χ3v) is 3.62. The average molecular weight is 286 g/mol. The molecule has 6 nitrogen and oxygen atoms in total. The lowest BCUT2D eigenvalue weighted by Gasteiger charge is -2.38. The molecule has 9 heteroatoms. The standard InChI is InChI=1S/C9H16F2N2O4S/c1-9(2,3)17-8(14)12-6-4-13(5-6)18(15,16)7(10)11/h6-7H,4-5H2,1-3H3,(H,12,14). The maximum absolute atomic E-state index is 12.2. The summed E-state index contributed by atoms with van der Waals surface area (Å²) in [6.45, 7) is 4.72. The predicted molar refractivity (Wildman–Crippen MR) is 59.7 cm³/mol. The van der Waals surface area contributed by atoms with E-state index < -0.39 is 33.5 Å². The Balaban J connectivity index is 2.38. The van der Waals surface area contributed by atoms with Crippen LogP contribution < -0.4 is 5.32 Å². The largest absolute Gasteiger partial charge is 0.444 e. The highest BCUT2D eigenvalue weighted by Gasteiger charge is 2.41. The fourth-order valence-electron chi connectivity index (χ4n) is 1.32. The Hall–Kier alpha value is -0.960. The number of halogens is 2. The second-order valence-electron chi connectivity index (χ2n) is 4.97. The number of rotatable bonds is 3. The van der Waals surface area contributed by atoms with Crippen molar-refractivity contribution in [1.29, 1.82) is 0 Å². The highest BCUT2D eigenvalue weighted by molar-refractivity contribution is 7.89. The van der Waals surface area contributed by atoms with Crippen LogP contribution in [0.3, 0.4) is 0 Å². The predicted octanol–water partition coefficient (Wildman–Crippen LogP) is 0.748. The van der Waals surface area contributed by atoms with Crippen LogP contribution in [0.15, 0.2) is 0 Å². The van der Waals surface area contributed by atoms with Crippen molar-refractivity contribution in [2.75, 3.05) is 13.1 Å². The number of nitrogens with zero attached hydrogens (tertiary/aromatic N) is 1. The summed E-state index contributed by atoms with van der Waals surface area (Å²) in [6, 6.07) is -0.492. The lowest BCUT2D eigenvalue weighted by Crippen LogP contribution is -2.62. The molecule has 1 aliphatic heterocycles. The first-order valence-electron chi connectivity index (χ1n) is 5.29. The van der Waals surface area contributed by atoms with Gasteiger partial charge < -0.3 is 10.1 Å². The molecule has 1 amide bonds. The molecular formula is C9H16F2N2O4S. The molecular weight excluding hydrogens is 270 g/mol. The Labute approximate surface area is 104 Å². The van der Waals surface area contributed by atoms with E-state index >= 15 is 0 Å². The monoisotopic (exact) mass is 286 g/mol. The van der Waals surface area contributed by atoms with Gasteiger partial charge >= 0.3 is 11.9 Å². The minimum absolute atomic E-state index is 0.161. The normalized spacial score (nSPS) is 18.6. The third-order valence-electron chi connectivity index (χ3n) is 2.15. The van der Waals surface area contributed by atoms with Crippen molar-refractivity contribution in [3.8, 4) is 0 Å². The highest BCUT2D eigenvalue weighted by Crippen LogP contribution is 2.19. The molecule has 1 aliphatic rings. The van der Waals surface area contributed by atoms with Crippen molar-refractivity contribution in [1.82, 2.24) is 9.62 Å². The van der Waals surface area contributed by atoms with Gasteiger partial charge in [-0.3, -0.25) is 0 Å². The van der Waals surface area contributed by atoms with E-state index in [0.29, 0.717) is 4.31 Å². The summed E-state index contributed by atoms with van der Waals surface area (Å²) in [5.41, 5.74) is -0.664. The van der Waals surface area contributed by atoms with Gasteiger partial charge in [-0.15, -0.1) is 0 Å². The molecule has 0 saturated carbocycles. The van der Waals surface area contributed by atoms with Crippen LogP contribution >= 0.6 is 0 Å². The van der Waals surface area contributed by atoms with E-state index in [0.717, 1.165) is 0 Å². The van der Waals surface area contributed by atoms with Crippen LogP contribution in [0.5, 0.6) is 0 Å². The number of hydrogen-bond donors (Lipinski definition) is 1. The number of sulfonamides is 1. The first-order chi connectivity index (χ1) is 8.02. The zero-order chi connectivity index (χ0) is 14.1. The van der Waals surface area contributed by atoms with E-state index in [4.69, 9.17) is 4.74 Å². The van der Waals surface area contributed by atoms with Gasteiger partial charge in [0, 0.05) is 13.1 Å². The number of carbonyl (C=O) groups excluding carboxylic acids is 1. The molecule has 1 fully saturated rings. The van der Waals surface area contributed by atoms with Crippen LogP contribution in [0.1, 0.15) is 20.8 Å². The summed E-state index contributed by atoms with van der Waals surface area (Å²) in [5, 5.41) is 2.40. The number of alkyl halides is 2. The van der Waals surface area contributed by atoms with Gasteiger partial charge in [0.25, 0.3) is 10.0 Å². The topological polar surface area (TPSA) is 75.7 Å². The Bertz CT molecular complexity index is 413. The van der Waals surface area contributed by atoms with Gasteiger partial charge in [-0.05, 0) is 20.8 Å². The molecule has 1 rings (SSSR count). The van der Waals surface area contributed by atoms with Crippen molar-refractivity contribution in [2.24, 2.45) is 0 Å². The first-order valence-corrected chi connectivity index (χ1v) is 6.79. The van der Waals surface area contributed by atoms with E-state index in [1.165, 1.54) is 0 Å². The van der Waals surface area contributed by atoms with Gasteiger partial charge in [-0.2, -0.15) is 13.1 Å². The smallest absolute Gasteiger partial charge is 0.407 e. The van der Waals surface area contributed by atoms with Crippen LogP contribution in [0, 0.1) is 0 Å². The summed E-state index contributed by atoms with van der Waals surface area (Å²) in [7, 11) is -4.54. The Kier molecular flexibility index (Phi) is 4.16.